The van der Waals surface area contributed by atoms with E-state index in [1.807, 2.05) is 0 Å². The molecule has 0 aromatic heterocycles. The minimum atomic E-state index is 0.102. The Kier molecular flexibility index (Phi) is 3.38. The Labute approximate surface area is 80.5 Å². The van der Waals surface area contributed by atoms with Gasteiger partial charge in [0.05, 0.1) is 0 Å². The van der Waals surface area contributed by atoms with Gasteiger partial charge in [-0.15, -0.1) is 0 Å². The van der Waals surface area contributed by atoms with Crippen LogP contribution in [0.5, 0.6) is 0 Å². The van der Waals surface area contributed by atoms with Crippen LogP contribution >= 0.6 is 11.6 Å². The van der Waals surface area contributed by atoms with Gasteiger partial charge < -0.3 is 0 Å². The second-order valence-electron chi connectivity index (χ2n) is 3.97. The van der Waals surface area contributed by atoms with Crippen LogP contribution in [-0.4, -0.2) is 40.6 Å². The highest BCUT2D eigenvalue weighted by Crippen LogP contribution is 2.22. The Bertz CT molecular complexity index is 131. The zero-order chi connectivity index (χ0) is 9.30. The van der Waals surface area contributed by atoms with Crippen LogP contribution in [0.25, 0.3) is 0 Å². The zero-order valence-electron chi connectivity index (χ0n) is 8.42. The minimum absolute atomic E-state index is 0.102. The van der Waals surface area contributed by atoms with E-state index in [0.717, 1.165) is 13.1 Å². The summed E-state index contributed by atoms with van der Waals surface area (Å²) in [6.07, 6.45) is 0. The third kappa shape index (κ3) is 1.93. The lowest BCUT2D eigenvalue weighted by molar-refractivity contribution is 0.152. The first kappa shape index (κ1) is 10.3. The van der Waals surface area contributed by atoms with Crippen LogP contribution in [0.1, 0.15) is 27.7 Å². The van der Waals surface area contributed by atoms with Crippen LogP contribution in [0.4, 0.5) is 0 Å². The lowest BCUT2D eigenvalue weighted by Gasteiger charge is -2.29. The van der Waals surface area contributed by atoms with Crippen molar-refractivity contribution in [2.24, 2.45) is 0 Å². The molecule has 1 aliphatic rings. The van der Waals surface area contributed by atoms with Crippen LogP contribution in [-0.2, 0) is 0 Å². The number of halogens is 1. The molecule has 1 heterocycles. The molecular formula is C9H19ClN2. The molecule has 1 rings (SSSR count). The normalized spacial score (nSPS) is 23.2. The van der Waals surface area contributed by atoms with Gasteiger partial charge in [0, 0.05) is 25.2 Å². The summed E-state index contributed by atoms with van der Waals surface area (Å²) in [6.45, 7) is 11.0. The van der Waals surface area contributed by atoms with E-state index in [4.69, 9.17) is 11.6 Å². The first-order valence-corrected chi connectivity index (χ1v) is 5.13. The zero-order valence-corrected chi connectivity index (χ0v) is 9.17. The summed E-state index contributed by atoms with van der Waals surface area (Å²) in [5.41, 5.74) is 0.102. The van der Waals surface area contributed by atoms with Crippen LogP contribution in [0, 0.1) is 0 Å². The van der Waals surface area contributed by atoms with Crippen molar-refractivity contribution in [3.63, 3.8) is 0 Å². The molecule has 3 heteroatoms. The van der Waals surface area contributed by atoms with Crippen LogP contribution < -0.4 is 0 Å². The Hall–Kier alpha value is 0.210. The van der Waals surface area contributed by atoms with Crippen molar-refractivity contribution in [2.45, 2.75) is 45.4 Å². The molecule has 0 aliphatic carbocycles. The maximum Gasteiger partial charge on any atom is 0.140 e. The highest BCUT2D eigenvalue weighted by atomic mass is 35.5. The summed E-state index contributed by atoms with van der Waals surface area (Å²) >= 11 is 6.29. The molecule has 2 nitrogen and oxygen atoms in total. The van der Waals surface area contributed by atoms with E-state index in [2.05, 4.69) is 37.5 Å². The van der Waals surface area contributed by atoms with Gasteiger partial charge >= 0.3 is 0 Å². The number of alkyl halides is 1. The van der Waals surface area contributed by atoms with Gasteiger partial charge in [0.25, 0.3) is 0 Å². The van der Waals surface area contributed by atoms with Crippen molar-refractivity contribution in [3.05, 3.63) is 0 Å². The molecule has 0 unspecified atom stereocenters. The van der Waals surface area contributed by atoms with Crippen molar-refractivity contribution < 1.29 is 0 Å². The second-order valence-corrected chi connectivity index (χ2v) is 4.36. The van der Waals surface area contributed by atoms with Gasteiger partial charge in [-0.3, -0.25) is 9.80 Å². The van der Waals surface area contributed by atoms with E-state index in [-0.39, 0.29) is 5.62 Å². The van der Waals surface area contributed by atoms with Gasteiger partial charge in [-0.2, -0.15) is 0 Å². The number of hydrogen-bond donors (Lipinski definition) is 0. The van der Waals surface area contributed by atoms with E-state index >= 15 is 0 Å². The van der Waals surface area contributed by atoms with Gasteiger partial charge in [0.15, 0.2) is 0 Å². The summed E-state index contributed by atoms with van der Waals surface area (Å²) in [4.78, 5) is 4.64. The Morgan fingerprint density at radius 3 is 1.50 bits per heavy atom. The van der Waals surface area contributed by atoms with Crippen molar-refractivity contribution >= 4 is 11.6 Å². The number of rotatable bonds is 2. The molecule has 1 fully saturated rings. The van der Waals surface area contributed by atoms with Gasteiger partial charge in [0.1, 0.15) is 5.62 Å². The summed E-state index contributed by atoms with van der Waals surface area (Å²) in [6, 6.07) is 1.10. The Balaban J connectivity index is 2.55. The minimum Gasteiger partial charge on any atom is -0.272 e. The maximum absolute atomic E-state index is 6.29. The lowest BCUT2D eigenvalue weighted by Crippen LogP contribution is -2.40. The van der Waals surface area contributed by atoms with E-state index in [1.54, 1.807) is 0 Å². The molecule has 0 aromatic rings. The standard InChI is InChI=1S/C9H19ClN2/c1-7(2)11-5-6-12(8(3)4)9(11)10/h7-9H,5-6H2,1-4H3. The first-order valence-electron chi connectivity index (χ1n) is 4.69. The van der Waals surface area contributed by atoms with Crippen molar-refractivity contribution in [1.82, 2.24) is 9.80 Å². The number of nitrogens with zero attached hydrogens (tertiary/aromatic N) is 2. The molecule has 72 valence electrons. The average Bonchev–Trinajstić information content (AvgIpc) is 2.30. The van der Waals surface area contributed by atoms with Crippen LogP contribution in [0.3, 0.4) is 0 Å². The molecule has 0 atom stereocenters. The fraction of sp³-hybridized carbons (Fsp3) is 1.00. The Morgan fingerprint density at radius 2 is 1.33 bits per heavy atom. The molecular weight excluding hydrogens is 172 g/mol. The van der Waals surface area contributed by atoms with E-state index in [1.165, 1.54) is 0 Å². The highest BCUT2D eigenvalue weighted by molar-refractivity contribution is 6.20. The van der Waals surface area contributed by atoms with Crippen molar-refractivity contribution in [2.75, 3.05) is 13.1 Å². The SMILES string of the molecule is CC(C)N1CCN(C(C)C)C1Cl. The van der Waals surface area contributed by atoms with E-state index in [0.29, 0.717) is 12.1 Å². The monoisotopic (exact) mass is 190 g/mol. The highest BCUT2D eigenvalue weighted by Gasteiger charge is 2.32. The maximum atomic E-state index is 6.29. The molecule has 0 aromatic carbocycles. The molecule has 1 saturated heterocycles. The lowest BCUT2D eigenvalue weighted by atomic mass is 10.3. The van der Waals surface area contributed by atoms with E-state index in [9.17, 15) is 0 Å². The van der Waals surface area contributed by atoms with Gasteiger partial charge in [-0.05, 0) is 27.7 Å². The molecule has 0 amide bonds. The largest absolute Gasteiger partial charge is 0.272 e. The summed E-state index contributed by atoms with van der Waals surface area (Å²) in [7, 11) is 0. The second kappa shape index (κ2) is 3.95. The summed E-state index contributed by atoms with van der Waals surface area (Å²) < 4.78 is 0. The molecule has 0 N–H and O–H groups in total. The van der Waals surface area contributed by atoms with Crippen LogP contribution in [0.2, 0.25) is 0 Å². The summed E-state index contributed by atoms with van der Waals surface area (Å²) in [5.74, 6) is 0. The number of hydrogen-bond acceptors (Lipinski definition) is 2. The molecule has 0 saturated carbocycles. The third-order valence-corrected chi connectivity index (χ3v) is 2.99. The van der Waals surface area contributed by atoms with Crippen molar-refractivity contribution in [1.29, 1.82) is 0 Å². The first-order chi connectivity index (χ1) is 5.54. The topological polar surface area (TPSA) is 6.48 Å². The van der Waals surface area contributed by atoms with Gasteiger partial charge in [-0.25, -0.2) is 0 Å². The average molecular weight is 191 g/mol. The summed E-state index contributed by atoms with van der Waals surface area (Å²) in [5, 5.41) is 0. The fourth-order valence-electron chi connectivity index (χ4n) is 1.64. The smallest absolute Gasteiger partial charge is 0.140 e. The van der Waals surface area contributed by atoms with Crippen LogP contribution in [0.15, 0.2) is 0 Å². The third-order valence-electron chi connectivity index (χ3n) is 2.49. The van der Waals surface area contributed by atoms with Gasteiger partial charge in [-0.1, -0.05) is 11.6 Å². The molecule has 12 heavy (non-hydrogen) atoms. The quantitative estimate of drug-likeness (QED) is 0.485. The molecule has 0 spiro atoms. The molecule has 1 aliphatic heterocycles. The predicted molar refractivity (Wildman–Crippen MR) is 53.3 cm³/mol. The molecule has 0 bridgehead atoms. The van der Waals surface area contributed by atoms with E-state index < -0.39 is 0 Å². The van der Waals surface area contributed by atoms with Gasteiger partial charge in [0.2, 0.25) is 0 Å². The predicted octanol–water partition coefficient (Wildman–Crippen LogP) is 1.94. The Morgan fingerprint density at radius 1 is 1.00 bits per heavy atom. The molecule has 0 radical (unpaired) electrons. The van der Waals surface area contributed by atoms with Crippen molar-refractivity contribution in [3.8, 4) is 0 Å². The fourth-order valence-corrected chi connectivity index (χ4v) is 2.29.